The van der Waals surface area contributed by atoms with Gasteiger partial charge in [0, 0.05) is 26.2 Å². The maximum absolute atomic E-state index is 14.2. The van der Waals surface area contributed by atoms with Crippen molar-refractivity contribution in [3.8, 4) is 5.75 Å². The number of aliphatic imine (C=N–C) groups is 1. The highest BCUT2D eigenvalue weighted by Crippen LogP contribution is 2.32. The molecular formula is C24H27FN4O4. The van der Waals surface area contributed by atoms with E-state index >= 15 is 0 Å². The molecule has 2 aliphatic rings. The number of carbonyl (C=O) groups excluding carboxylic acids is 2. The molecule has 0 bridgehead atoms. The van der Waals surface area contributed by atoms with E-state index in [1.165, 1.54) is 6.07 Å². The molecule has 1 saturated heterocycles. The van der Waals surface area contributed by atoms with Gasteiger partial charge in [-0.1, -0.05) is 24.3 Å². The van der Waals surface area contributed by atoms with Crippen molar-refractivity contribution < 1.29 is 23.5 Å². The van der Waals surface area contributed by atoms with Crippen molar-refractivity contribution in [3.63, 3.8) is 0 Å². The zero-order valence-electron chi connectivity index (χ0n) is 18.7. The van der Waals surface area contributed by atoms with Crippen LogP contribution in [0.1, 0.15) is 18.5 Å². The highest BCUT2D eigenvalue weighted by Gasteiger charge is 2.42. The van der Waals surface area contributed by atoms with Crippen LogP contribution >= 0.6 is 0 Å². The quantitative estimate of drug-likeness (QED) is 0.552. The Morgan fingerprint density at radius 1 is 1.09 bits per heavy atom. The van der Waals surface area contributed by atoms with Gasteiger partial charge in [0.2, 0.25) is 11.9 Å². The van der Waals surface area contributed by atoms with Crippen LogP contribution in [0.5, 0.6) is 5.75 Å². The van der Waals surface area contributed by atoms with Crippen molar-refractivity contribution in [2.24, 2.45) is 10.9 Å². The van der Waals surface area contributed by atoms with Crippen LogP contribution in [0.15, 0.2) is 53.5 Å². The summed E-state index contributed by atoms with van der Waals surface area (Å²) < 4.78 is 24.5. The largest absolute Gasteiger partial charge is 0.497 e. The Morgan fingerprint density at radius 3 is 2.39 bits per heavy atom. The fraction of sp³-hybridized carbons (Fsp3) is 0.375. The second kappa shape index (κ2) is 9.89. The molecule has 8 nitrogen and oxygen atoms in total. The zero-order valence-corrected chi connectivity index (χ0v) is 18.7. The molecule has 9 heteroatoms. The number of halogens is 1. The summed E-state index contributed by atoms with van der Waals surface area (Å²) >= 11 is 0. The molecule has 2 aromatic rings. The van der Waals surface area contributed by atoms with Gasteiger partial charge in [0.1, 0.15) is 17.6 Å². The van der Waals surface area contributed by atoms with E-state index in [1.807, 2.05) is 15.9 Å². The number of guanidine groups is 1. The summed E-state index contributed by atoms with van der Waals surface area (Å²) in [7, 11) is 1.57. The fourth-order valence-electron chi connectivity index (χ4n) is 4.13. The number of hydrogen-bond acceptors (Lipinski definition) is 7. The number of benzene rings is 2. The third-order valence-electron chi connectivity index (χ3n) is 5.86. The molecule has 1 fully saturated rings. The Bertz CT molecular complexity index is 1040. The molecule has 2 aromatic carbocycles. The minimum Gasteiger partial charge on any atom is -0.497 e. The van der Waals surface area contributed by atoms with Gasteiger partial charge in [-0.3, -0.25) is 14.9 Å². The third-order valence-corrected chi connectivity index (χ3v) is 5.86. The minimum atomic E-state index is -1.08. The van der Waals surface area contributed by atoms with E-state index in [0.29, 0.717) is 49.1 Å². The number of piperazine rings is 1. The van der Waals surface area contributed by atoms with Gasteiger partial charge in [-0.05, 0) is 36.8 Å². The molecule has 1 amide bonds. The lowest BCUT2D eigenvalue weighted by molar-refractivity contribution is -0.153. The lowest BCUT2D eigenvalue weighted by atomic mass is 9.91. The summed E-state index contributed by atoms with van der Waals surface area (Å²) in [5, 5.41) is 2.78. The van der Waals surface area contributed by atoms with Crippen LogP contribution in [0.25, 0.3) is 0 Å². The molecule has 2 aliphatic heterocycles. The Balaban J connectivity index is 1.57. The van der Waals surface area contributed by atoms with Gasteiger partial charge < -0.3 is 19.3 Å². The molecule has 33 heavy (non-hydrogen) atoms. The van der Waals surface area contributed by atoms with Gasteiger partial charge in [-0.25, -0.2) is 9.38 Å². The van der Waals surface area contributed by atoms with Crippen molar-refractivity contribution in [2.45, 2.75) is 13.0 Å². The summed E-state index contributed by atoms with van der Waals surface area (Å²) in [6.07, 6.45) is 0. The molecular weight excluding hydrogens is 427 g/mol. The molecule has 4 rings (SSSR count). The van der Waals surface area contributed by atoms with Crippen molar-refractivity contribution in [3.05, 3.63) is 59.9 Å². The third kappa shape index (κ3) is 4.76. The summed E-state index contributed by atoms with van der Waals surface area (Å²) in [6.45, 7) is 4.12. The second-order valence-electron chi connectivity index (χ2n) is 7.82. The minimum absolute atomic E-state index is 0.173. The number of nitrogens with zero attached hydrogens (tertiary/aromatic N) is 3. The number of para-hydroxylation sites is 1. The van der Waals surface area contributed by atoms with Gasteiger partial charge in [0.05, 0.1) is 19.4 Å². The van der Waals surface area contributed by atoms with E-state index in [0.717, 1.165) is 0 Å². The molecule has 0 aromatic heterocycles. The van der Waals surface area contributed by atoms with Crippen LogP contribution in [-0.2, 0) is 14.3 Å². The van der Waals surface area contributed by atoms with Crippen LogP contribution in [-0.4, -0.2) is 62.6 Å². The lowest BCUT2D eigenvalue weighted by Gasteiger charge is -2.39. The summed E-state index contributed by atoms with van der Waals surface area (Å²) in [4.78, 5) is 34.3. The first-order valence-corrected chi connectivity index (χ1v) is 11.0. The van der Waals surface area contributed by atoms with Crippen LogP contribution in [0.3, 0.4) is 0 Å². The lowest BCUT2D eigenvalue weighted by Crippen LogP contribution is -2.57. The Labute approximate surface area is 192 Å². The van der Waals surface area contributed by atoms with E-state index < -0.39 is 23.8 Å². The van der Waals surface area contributed by atoms with E-state index in [1.54, 1.807) is 50.4 Å². The number of ether oxygens (including phenoxy) is 2. The number of esters is 1. The summed E-state index contributed by atoms with van der Waals surface area (Å²) in [5.41, 5.74) is 1.27. The average molecular weight is 455 g/mol. The SMILES string of the molecule is CCOC(=O)[C@H]1C(=O)NC(N2CCN(c3ccccc3F)CC2)=N[C@H]1c1ccc(OC)cc1. The topological polar surface area (TPSA) is 83.5 Å². The van der Waals surface area contributed by atoms with E-state index in [9.17, 15) is 14.0 Å². The second-order valence-corrected chi connectivity index (χ2v) is 7.82. The van der Waals surface area contributed by atoms with E-state index in [4.69, 9.17) is 14.5 Å². The predicted molar refractivity (Wildman–Crippen MR) is 122 cm³/mol. The maximum Gasteiger partial charge on any atom is 0.321 e. The maximum atomic E-state index is 14.2. The highest BCUT2D eigenvalue weighted by atomic mass is 19.1. The van der Waals surface area contributed by atoms with Gasteiger partial charge >= 0.3 is 5.97 Å². The van der Waals surface area contributed by atoms with E-state index in [2.05, 4.69) is 5.32 Å². The number of amides is 1. The summed E-state index contributed by atoms with van der Waals surface area (Å²) in [5.74, 6) is -1.32. The van der Waals surface area contributed by atoms with Crippen molar-refractivity contribution in [2.75, 3.05) is 44.8 Å². The van der Waals surface area contributed by atoms with E-state index in [-0.39, 0.29) is 12.4 Å². The van der Waals surface area contributed by atoms with Gasteiger partial charge in [-0.2, -0.15) is 0 Å². The number of nitrogens with one attached hydrogen (secondary N) is 1. The number of methoxy groups -OCH3 is 1. The first-order chi connectivity index (χ1) is 16.0. The molecule has 1 N–H and O–H groups in total. The molecule has 0 spiro atoms. The van der Waals surface area contributed by atoms with Crippen molar-refractivity contribution in [1.29, 1.82) is 0 Å². The van der Waals surface area contributed by atoms with Crippen molar-refractivity contribution >= 4 is 23.5 Å². The fourth-order valence-corrected chi connectivity index (χ4v) is 4.13. The predicted octanol–water partition coefficient (Wildman–Crippen LogP) is 2.36. The van der Waals surface area contributed by atoms with Crippen molar-refractivity contribution in [1.82, 2.24) is 10.2 Å². The monoisotopic (exact) mass is 454 g/mol. The standard InChI is InChI=1S/C24H27FN4O4/c1-3-33-23(31)20-21(16-8-10-17(32-2)11-9-16)26-24(27-22(20)30)29-14-12-28(13-15-29)19-7-5-4-6-18(19)25/h4-11,20-21H,3,12-15H2,1-2H3,(H,26,27,30)/t20-,21+/m1/s1. The van der Waals surface area contributed by atoms with Gasteiger partial charge in [0.25, 0.3) is 0 Å². The highest BCUT2D eigenvalue weighted by molar-refractivity contribution is 6.08. The van der Waals surface area contributed by atoms with Crippen LogP contribution in [0.4, 0.5) is 10.1 Å². The molecule has 0 unspecified atom stereocenters. The number of rotatable bonds is 5. The molecule has 2 atom stereocenters. The Hall–Kier alpha value is -3.62. The normalized spacial score (nSPS) is 20.7. The smallest absolute Gasteiger partial charge is 0.321 e. The Kier molecular flexibility index (Phi) is 6.76. The molecule has 0 saturated carbocycles. The number of carbonyl (C=O) groups is 2. The van der Waals surface area contributed by atoms with Gasteiger partial charge in [-0.15, -0.1) is 0 Å². The average Bonchev–Trinajstić information content (AvgIpc) is 2.84. The molecule has 0 radical (unpaired) electrons. The molecule has 0 aliphatic carbocycles. The molecule has 174 valence electrons. The number of anilines is 1. The molecule has 2 heterocycles. The van der Waals surface area contributed by atoms with Gasteiger partial charge in [0.15, 0.2) is 5.92 Å². The number of hydrogen-bond donors (Lipinski definition) is 1. The van der Waals surface area contributed by atoms with Crippen LogP contribution in [0.2, 0.25) is 0 Å². The first kappa shape index (κ1) is 22.6. The first-order valence-electron chi connectivity index (χ1n) is 11.0. The zero-order chi connectivity index (χ0) is 23.4. The summed E-state index contributed by atoms with van der Waals surface area (Å²) in [6, 6.07) is 13.1. The van der Waals surface area contributed by atoms with Crippen LogP contribution in [0, 0.1) is 11.7 Å². The Morgan fingerprint density at radius 2 is 1.76 bits per heavy atom. The van der Waals surface area contributed by atoms with Crippen LogP contribution < -0.4 is 15.0 Å².